The third-order valence-corrected chi connectivity index (χ3v) is 4.86. The zero-order valence-electron chi connectivity index (χ0n) is 13.2. The average molecular weight is 316 g/mol. The Kier molecular flexibility index (Phi) is 4.98. The molecule has 1 aromatic carbocycles. The molecule has 1 heterocycles. The minimum atomic E-state index is -0.310. The Hall–Kier alpha value is -2.14. The number of amides is 2. The molecule has 1 aromatic heterocycles. The predicted molar refractivity (Wildman–Crippen MR) is 89.3 cm³/mol. The van der Waals surface area contributed by atoms with Crippen LogP contribution in [0.25, 0.3) is 0 Å². The Morgan fingerprint density at radius 1 is 1.00 bits per heavy atom. The number of hydrogen-bond donors (Lipinski definition) is 2. The molecule has 5 heteroatoms. The molecule has 0 unspecified atom stereocenters. The van der Waals surface area contributed by atoms with E-state index in [0.29, 0.717) is 10.4 Å². The quantitative estimate of drug-likeness (QED) is 0.854. The van der Waals surface area contributed by atoms with E-state index in [1.165, 1.54) is 16.2 Å². The fraction of sp³-hybridized carbons (Fsp3) is 0.294. The zero-order valence-corrected chi connectivity index (χ0v) is 14.1. The van der Waals surface area contributed by atoms with Crippen LogP contribution in [0.4, 0.5) is 0 Å². The Bertz CT molecular complexity index is 719. The number of hydrogen-bond acceptors (Lipinski definition) is 3. The molecule has 2 N–H and O–H groups in total. The number of aryl methyl sites for hydroxylation is 4. The summed E-state index contributed by atoms with van der Waals surface area (Å²) >= 11 is 1.46. The van der Waals surface area contributed by atoms with E-state index in [1.807, 2.05) is 39.0 Å². The summed E-state index contributed by atoms with van der Waals surface area (Å²) in [6.07, 6.45) is 0.901. The fourth-order valence-electron chi connectivity index (χ4n) is 2.29. The summed E-state index contributed by atoms with van der Waals surface area (Å²) in [5.74, 6) is -0.597. The topological polar surface area (TPSA) is 58.2 Å². The second-order valence-electron chi connectivity index (χ2n) is 5.30. The first kappa shape index (κ1) is 16.2. The molecule has 0 aliphatic heterocycles. The summed E-state index contributed by atoms with van der Waals surface area (Å²) in [4.78, 5) is 26.0. The molecule has 2 aromatic rings. The van der Waals surface area contributed by atoms with Crippen molar-refractivity contribution in [3.63, 3.8) is 0 Å². The molecule has 4 nitrogen and oxygen atoms in total. The van der Waals surface area contributed by atoms with Gasteiger partial charge in [0, 0.05) is 10.4 Å². The van der Waals surface area contributed by atoms with Crippen molar-refractivity contribution >= 4 is 23.2 Å². The minimum absolute atomic E-state index is 0.286. The molecule has 0 aliphatic carbocycles. The smallest absolute Gasteiger partial charge is 0.267 e. The van der Waals surface area contributed by atoms with E-state index in [9.17, 15) is 9.59 Å². The first-order chi connectivity index (χ1) is 10.4. The molecule has 22 heavy (non-hydrogen) atoms. The van der Waals surface area contributed by atoms with Crippen molar-refractivity contribution in [3.8, 4) is 0 Å². The number of thiophene rings is 1. The highest BCUT2D eigenvalue weighted by Gasteiger charge is 2.14. The van der Waals surface area contributed by atoms with Crippen LogP contribution in [0.5, 0.6) is 0 Å². The van der Waals surface area contributed by atoms with Gasteiger partial charge in [0.2, 0.25) is 0 Å². The molecule has 0 fully saturated rings. The maximum atomic E-state index is 12.1. The Labute approximate surface area is 134 Å². The summed E-state index contributed by atoms with van der Waals surface area (Å²) in [6.45, 7) is 7.89. The lowest BCUT2D eigenvalue weighted by Crippen LogP contribution is -2.41. The van der Waals surface area contributed by atoms with Crippen LogP contribution in [0.15, 0.2) is 24.3 Å². The van der Waals surface area contributed by atoms with E-state index in [4.69, 9.17) is 0 Å². The van der Waals surface area contributed by atoms with Crippen molar-refractivity contribution in [1.82, 2.24) is 10.9 Å². The van der Waals surface area contributed by atoms with Crippen molar-refractivity contribution in [2.24, 2.45) is 0 Å². The van der Waals surface area contributed by atoms with Gasteiger partial charge in [0.15, 0.2) is 0 Å². The number of carbonyl (C=O) groups is 2. The van der Waals surface area contributed by atoms with E-state index in [2.05, 4.69) is 17.8 Å². The van der Waals surface area contributed by atoms with E-state index < -0.39 is 0 Å². The van der Waals surface area contributed by atoms with Crippen molar-refractivity contribution in [2.45, 2.75) is 34.1 Å². The first-order valence-electron chi connectivity index (χ1n) is 7.19. The van der Waals surface area contributed by atoms with E-state index in [1.54, 1.807) is 6.07 Å². The fourth-order valence-corrected chi connectivity index (χ4v) is 3.30. The van der Waals surface area contributed by atoms with Gasteiger partial charge in [-0.15, -0.1) is 11.3 Å². The van der Waals surface area contributed by atoms with Gasteiger partial charge in [-0.25, -0.2) is 0 Å². The summed E-state index contributed by atoms with van der Waals surface area (Å²) < 4.78 is 0. The summed E-state index contributed by atoms with van der Waals surface area (Å²) in [6, 6.07) is 7.42. The lowest BCUT2D eigenvalue weighted by molar-refractivity contribution is 0.0848. The molecular weight excluding hydrogens is 296 g/mol. The van der Waals surface area contributed by atoms with Crippen molar-refractivity contribution in [3.05, 3.63) is 56.3 Å². The maximum Gasteiger partial charge on any atom is 0.279 e. The lowest BCUT2D eigenvalue weighted by Gasteiger charge is -2.09. The number of benzene rings is 1. The highest BCUT2D eigenvalue weighted by Crippen LogP contribution is 2.22. The van der Waals surface area contributed by atoms with Crippen molar-refractivity contribution < 1.29 is 9.59 Å². The molecule has 0 saturated heterocycles. The number of rotatable bonds is 3. The van der Waals surface area contributed by atoms with Crippen LogP contribution in [0.2, 0.25) is 0 Å². The summed E-state index contributed by atoms with van der Waals surface area (Å²) in [7, 11) is 0. The summed E-state index contributed by atoms with van der Waals surface area (Å²) in [5.41, 5.74) is 8.59. The highest BCUT2D eigenvalue weighted by molar-refractivity contribution is 7.14. The molecule has 0 bridgehead atoms. The van der Waals surface area contributed by atoms with Gasteiger partial charge in [0.25, 0.3) is 11.8 Å². The van der Waals surface area contributed by atoms with Crippen LogP contribution in [0.1, 0.15) is 48.5 Å². The minimum Gasteiger partial charge on any atom is -0.267 e. The van der Waals surface area contributed by atoms with E-state index >= 15 is 0 Å². The molecule has 0 radical (unpaired) electrons. The van der Waals surface area contributed by atoms with Gasteiger partial charge in [-0.3, -0.25) is 20.4 Å². The second-order valence-corrected chi connectivity index (χ2v) is 6.43. The Morgan fingerprint density at radius 3 is 2.27 bits per heavy atom. The van der Waals surface area contributed by atoms with Gasteiger partial charge < -0.3 is 0 Å². The normalized spacial score (nSPS) is 10.4. The molecule has 2 amide bonds. The van der Waals surface area contributed by atoms with Gasteiger partial charge in [-0.05, 0) is 50.5 Å². The van der Waals surface area contributed by atoms with Gasteiger partial charge in [-0.2, -0.15) is 0 Å². The van der Waals surface area contributed by atoms with E-state index in [-0.39, 0.29) is 11.8 Å². The molecule has 116 valence electrons. The Morgan fingerprint density at radius 2 is 1.68 bits per heavy atom. The lowest BCUT2D eigenvalue weighted by atomic mass is 10.1. The second kappa shape index (κ2) is 6.75. The van der Waals surface area contributed by atoms with Gasteiger partial charge in [-0.1, -0.05) is 24.6 Å². The van der Waals surface area contributed by atoms with Crippen LogP contribution in [0.3, 0.4) is 0 Å². The monoisotopic (exact) mass is 316 g/mol. The van der Waals surface area contributed by atoms with Crippen LogP contribution in [0, 0.1) is 20.8 Å². The standard InChI is InChI=1S/C17H20N2O2S/c1-5-14-12(4)9-15(22-14)17(21)19-18-16(20)13-7-6-10(2)8-11(13)3/h6-9H,5H2,1-4H3,(H,18,20)(H,19,21). The third kappa shape index (κ3) is 3.54. The molecule has 0 saturated carbocycles. The predicted octanol–water partition coefficient (Wildman–Crippen LogP) is 3.31. The van der Waals surface area contributed by atoms with Crippen LogP contribution in [-0.4, -0.2) is 11.8 Å². The average Bonchev–Trinajstić information content (AvgIpc) is 2.85. The van der Waals surface area contributed by atoms with Crippen LogP contribution in [-0.2, 0) is 6.42 Å². The Balaban J connectivity index is 2.02. The maximum absolute atomic E-state index is 12.1. The largest absolute Gasteiger partial charge is 0.279 e. The molecule has 0 aliphatic rings. The number of nitrogens with one attached hydrogen (secondary N) is 2. The van der Waals surface area contributed by atoms with Gasteiger partial charge >= 0.3 is 0 Å². The SMILES string of the molecule is CCc1sc(C(=O)NNC(=O)c2ccc(C)cc2C)cc1C. The molecule has 2 rings (SSSR count). The molecule has 0 atom stereocenters. The molecule has 0 spiro atoms. The van der Waals surface area contributed by atoms with Crippen LogP contribution < -0.4 is 10.9 Å². The van der Waals surface area contributed by atoms with Gasteiger partial charge in [0.1, 0.15) is 0 Å². The highest BCUT2D eigenvalue weighted by atomic mass is 32.1. The van der Waals surface area contributed by atoms with Crippen molar-refractivity contribution in [1.29, 1.82) is 0 Å². The first-order valence-corrected chi connectivity index (χ1v) is 8.01. The van der Waals surface area contributed by atoms with Crippen molar-refractivity contribution in [2.75, 3.05) is 0 Å². The number of hydrazine groups is 1. The third-order valence-electron chi connectivity index (χ3n) is 3.48. The summed E-state index contributed by atoms with van der Waals surface area (Å²) in [5, 5.41) is 0. The molecular formula is C17H20N2O2S. The van der Waals surface area contributed by atoms with Crippen LogP contribution >= 0.6 is 11.3 Å². The van der Waals surface area contributed by atoms with Gasteiger partial charge in [0.05, 0.1) is 4.88 Å². The number of carbonyl (C=O) groups excluding carboxylic acids is 2. The zero-order chi connectivity index (χ0) is 16.3. The van der Waals surface area contributed by atoms with E-state index in [0.717, 1.165) is 23.1 Å².